The Balaban J connectivity index is 1.55. The third-order valence-corrected chi connectivity index (χ3v) is 3.97. The van der Waals surface area contributed by atoms with Gasteiger partial charge in [-0.25, -0.2) is 0 Å². The molecular weight excluding hydrogens is 358 g/mol. The summed E-state index contributed by atoms with van der Waals surface area (Å²) in [6, 6.07) is 12.0. The standard InChI is InChI=1S/C19H18F2N2O4/c20-19(21)27-15-9-3-12(4-10-15)17(24)22-13-5-7-14(8-6-13)23-18(25)16-2-1-11-26-16/h3-10,16,19H,1-2,11H2,(H,22,24)(H,23,25)/t16-/m1/s1. The molecule has 0 saturated carbocycles. The Hall–Kier alpha value is -3.00. The van der Waals surface area contributed by atoms with Crippen molar-refractivity contribution in [3.63, 3.8) is 0 Å². The van der Waals surface area contributed by atoms with Crippen LogP contribution in [0.1, 0.15) is 23.2 Å². The van der Waals surface area contributed by atoms with Crippen molar-refractivity contribution in [3.8, 4) is 5.75 Å². The Morgan fingerprint density at radius 2 is 1.63 bits per heavy atom. The molecule has 142 valence electrons. The smallest absolute Gasteiger partial charge is 0.387 e. The molecule has 0 spiro atoms. The molecule has 6 nitrogen and oxygen atoms in total. The number of anilines is 2. The first-order valence-corrected chi connectivity index (χ1v) is 8.40. The molecule has 0 unspecified atom stereocenters. The number of hydrogen-bond donors (Lipinski definition) is 2. The molecule has 1 aliphatic rings. The van der Waals surface area contributed by atoms with Gasteiger partial charge in [0.25, 0.3) is 11.8 Å². The summed E-state index contributed by atoms with van der Waals surface area (Å²) in [4.78, 5) is 24.2. The van der Waals surface area contributed by atoms with Gasteiger partial charge in [-0.1, -0.05) is 0 Å². The number of rotatable bonds is 6. The predicted molar refractivity (Wildman–Crippen MR) is 95.1 cm³/mol. The minimum absolute atomic E-state index is 0.0205. The van der Waals surface area contributed by atoms with E-state index >= 15 is 0 Å². The fraction of sp³-hybridized carbons (Fsp3) is 0.263. The van der Waals surface area contributed by atoms with E-state index in [0.29, 0.717) is 30.0 Å². The fourth-order valence-electron chi connectivity index (χ4n) is 2.64. The topological polar surface area (TPSA) is 76.7 Å². The van der Waals surface area contributed by atoms with Crippen molar-refractivity contribution in [1.82, 2.24) is 0 Å². The summed E-state index contributed by atoms with van der Waals surface area (Å²) in [5.41, 5.74) is 1.43. The molecule has 2 amide bonds. The maximum Gasteiger partial charge on any atom is 0.387 e. The van der Waals surface area contributed by atoms with E-state index in [1.807, 2.05) is 0 Å². The number of halogens is 2. The van der Waals surface area contributed by atoms with E-state index in [0.717, 1.165) is 6.42 Å². The number of nitrogens with one attached hydrogen (secondary N) is 2. The first kappa shape index (κ1) is 18.8. The molecule has 0 bridgehead atoms. The molecule has 1 fully saturated rings. The highest BCUT2D eigenvalue weighted by atomic mass is 19.3. The highest BCUT2D eigenvalue weighted by Gasteiger charge is 2.23. The van der Waals surface area contributed by atoms with Crippen LogP contribution in [0.15, 0.2) is 48.5 Å². The van der Waals surface area contributed by atoms with Crippen molar-refractivity contribution in [3.05, 3.63) is 54.1 Å². The maximum absolute atomic E-state index is 12.2. The summed E-state index contributed by atoms with van der Waals surface area (Å²) in [7, 11) is 0. The molecule has 2 aromatic rings. The zero-order valence-electron chi connectivity index (χ0n) is 14.3. The first-order valence-electron chi connectivity index (χ1n) is 8.40. The van der Waals surface area contributed by atoms with Crippen LogP contribution in [0, 0.1) is 0 Å². The van der Waals surface area contributed by atoms with Crippen molar-refractivity contribution >= 4 is 23.2 Å². The molecule has 1 heterocycles. The molecule has 1 saturated heterocycles. The molecule has 1 atom stereocenters. The van der Waals surface area contributed by atoms with Crippen LogP contribution >= 0.6 is 0 Å². The second-order valence-corrected chi connectivity index (χ2v) is 5.93. The van der Waals surface area contributed by atoms with Gasteiger partial charge in [-0.2, -0.15) is 8.78 Å². The van der Waals surface area contributed by atoms with Crippen LogP contribution in [-0.2, 0) is 9.53 Å². The largest absolute Gasteiger partial charge is 0.435 e. The number of hydrogen-bond acceptors (Lipinski definition) is 4. The van der Waals surface area contributed by atoms with Gasteiger partial charge in [0.1, 0.15) is 11.9 Å². The summed E-state index contributed by atoms with van der Waals surface area (Å²) in [5, 5.41) is 5.45. The number of amides is 2. The maximum atomic E-state index is 12.2. The van der Waals surface area contributed by atoms with Gasteiger partial charge in [0.2, 0.25) is 0 Å². The Kier molecular flexibility index (Phi) is 5.97. The van der Waals surface area contributed by atoms with E-state index in [4.69, 9.17) is 4.74 Å². The molecule has 0 radical (unpaired) electrons. The zero-order valence-corrected chi connectivity index (χ0v) is 14.3. The molecule has 0 aliphatic carbocycles. The van der Waals surface area contributed by atoms with Crippen molar-refractivity contribution in [2.24, 2.45) is 0 Å². The third kappa shape index (κ3) is 5.24. The minimum Gasteiger partial charge on any atom is -0.435 e. The zero-order chi connectivity index (χ0) is 19.2. The van der Waals surface area contributed by atoms with Crippen LogP contribution in [0.4, 0.5) is 20.2 Å². The van der Waals surface area contributed by atoms with Crippen molar-refractivity contribution in [2.75, 3.05) is 17.2 Å². The van der Waals surface area contributed by atoms with Gasteiger partial charge in [-0.3, -0.25) is 9.59 Å². The lowest BCUT2D eigenvalue weighted by Crippen LogP contribution is -2.26. The molecular formula is C19H18F2N2O4. The normalized spacial score (nSPS) is 16.2. The van der Waals surface area contributed by atoms with E-state index in [-0.39, 0.29) is 11.7 Å². The van der Waals surface area contributed by atoms with E-state index in [2.05, 4.69) is 15.4 Å². The van der Waals surface area contributed by atoms with E-state index in [1.165, 1.54) is 24.3 Å². The van der Waals surface area contributed by atoms with Gasteiger partial charge in [0.15, 0.2) is 0 Å². The highest BCUT2D eigenvalue weighted by molar-refractivity contribution is 6.04. The quantitative estimate of drug-likeness (QED) is 0.807. The lowest BCUT2D eigenvalue weighted by atomic mass is 10.2. The molecule has 0 aromatic heterocycles. The lowest BCUT2D eigenvalue weighted by Gasteiger charge is -2.11. The minimum atomic E-state index is -2.91. The van der Waals surface area contributed by atoms with Crippen LogP contribution in [0.3, 0.4) is 0 Å². The summed E-state index contributed by atoms with van der Waals surface area (Å²) in [6.07, 6.45) is 1.17. The summed E-state index contributed by atoms with van der Waals surface area (Å²) in [5.74, 6) is -0.599. The molecule has 2 aromatic carbocycles. The number of alkyl halides is 2. The Labute approximate surface area is 154 Å². The number of carbonyl (C=O) groups is 2. The average molecular weight is 376 g/mol. The summed E-state index contributed by atoms with van der Waals surface area (Å²) < 4.78 is 33.8. The van der Waals surface area contributed by atoms with Crippen LogP contribution in [0.5, 0.6) is 5.75 Å². The average Bonchev–Trinajstić information content (AvgIpc) is 3.18. The van der Waals surface area contributed by atoms with Crippen LogP contribution < -0.4 is 15.4 Å². The van der Waals surface area contributed by atoms with Crippen LogP contribution in [-0.4, -0.2) is 31.1 Å². The van der Waals surface area contributed by atoms with Gasteiger partial charge in [-0.15, -0.1) is 0 Å². The third-order valence-electron chi connectivity index (χ3n) is 3.97. The molecule has 27 heavy (non-hydrogen) atoms. The van der Waals surface area contributed by atoms with E-state index in [9.17, 15) is 18.4 Å². The van der Waals surface area contributed by atoms with Gasteiger partial charge in [-0.05, 0) is 61.4 Å². The van der Waals surface area contributed by atoms with Crippen molar-refractivity contribution in [2.45, 2.75) is 25.6 Å². The van der Waals surface area contributed by atoms with Crippen molar-refractivity contribution < 1.29 is 27.8 Å². The number of ether oxygens (including phenoxy) is 2. The Morgan fingerprint density at radius 3 is 2.19 bits per heavy atom. The Morgan fingerprint density at radius 1 is 1.00 bits per heavy atom. The van der Waals surface area contributed by atoms with Gasteiger partial charge >= 0.3 is 6.61 Å². The lowest BCUT2D eigenvalue weighted by molar-refractivity contribution is -0.124. The van der Waals surface area contributed by atoms with E-state index < -0.39 is 18.6 Å². The second kappa shape index (κ2) is 8.59. The SMILES string of the molecule is O=C(Nc1ccc(NC(=O)[C@H]2CCCO2)cc1)c1ccc(OC(F)F)cc1. The predicted octanol–water partition coefficient (Wildman–Crippen LogP) is 3.66. The monoisotopic (exact) mass is 376 g/mol. The fourth-order valence-corrected chi connectivity index (χ4v) is 2.64. The summed E-state index contributed by atoms with van der Waals surface area (Å²) >= 11 is 0. The molecule has 1 aliphatic heterocycles. The molecule has 2 N–H and O–H groups in total. The molecule has 3 rings (SSSR count). The van der Waals surface area contributed by atoms with E-state index in [1.54, 1.807) is 24.3 Å². The second-order valence-electron chi connectivity index (χ2n) is 5.93. The van der Waals surface area contributed by atoms with Gasteiger partial charge < -0.3 is 20.1 Å². The van der Waals surface area contributed by atoms with Crippen molar-refractivity contribution in [1.29, 1.82) is 0 Å². The first-order chi connectivity index (χ1) is 13.0. The number of carbonyl (C=O) groups excluding carboxylic acids is 2. The summed E-state index contributed by atoms with van der Waals surface area (Å²) in [6.45, 7) is -2.32. The number of benzene rings is 2. The highest BCUT2D eigenvalue weighted by Crippen LogP contribution is 2.19. The Bertz CT molecular complexity index is 788. The van der Waals surface area contributed by atoms with Gasteiger partial charge in [0, 0.05) is 23.5 Å². The van der Waals surface area contributed by atoms with Gasteiger partial charge in [0.05, 0.1) is 0 Å². The van der Waals surface area contributed by atoms with Crippen LogP contribution in [0.2, 0.25) is 0 Å². The van der Waals surface area contributed by atoms with Crippen LogP contribution in [0.25, 0.3) is 0 Å². The molecule has 8 heteroatoms.